The number of benzene rings is 2. The maximum absolute atomic E-state index is 13.6. The van der Waals surface area contributed by atoms with Crippen molar-refractivity contribution >= 4 is 41.5 Å². The molecule has 3 rings (SSSR count). The van der Waals surface area contributed by atoms with Gasteiger partial charge in [-0.05, 0) is 42.7 Å². The summed E-state index contributed by atoms with van der Waals surface area (Å²) in [4.78, 5) is 14.9. The summed E-state index contributed by atoms with van der Waals surface area (Å²) in [6, 6.07) is 12.4. The van der Waals surface area contributed by atoms with Crippen LogP contribution in [0.25, 0.3) is 0 Å². The highest BCUT2D eigenvalue weighted by molar-refractivity contribution is 7.99. The minimum atomic E-state index is -0.235. The van der Waals surface area contributed by atoms with Gasteiger partial charge in [0.25, 0.3) is 0 Å². The first kappa shape index (κ1) is 18.6. The number of hydrogen-bond acceptors (Lipinski definition) is 3. The fraction of sp³-hybridized carbons (Fsp3) is 0.278. The zero-order valence-electron chi connectivity index (χ0n) is 13.2. The molecular formula is C18H20ClFN2OS. The van der Waals surface area contributed by atoms with E-state index in [2.05, 4.69) is 0 Å². The lowest BCUT2D eigenvalue weighted by Gasteiger charge is -2.30. The van der Waals surface area contributed by atoms with Gasteiger partial charge in [-0.3, -0.25) is 4.79 Å². The number of nitrogens with zero attached hydrogens (tertiary/aromatic N) is 1. The van der Waals surface area contributed by atoms with Gasteiger partial charge in [0.1, 0.15) is 5.82 Å². The highest BCUT2D eigenvalue weighted by Crippen LogP contribution is 2.32. The molecule has 1 heterocycles. The molecular weight excluding hydrogens is 347 g/mol. The maximum atomic E-state index is 13.6. The fourth-order valence-electron chi connectivity index (χ4n) is 2.86. The van der Waals surface area contributed by atoms with Gasteiger partial charge in [0, 0.05) is 35.0 Å². The largest absolute Gasteiger partial charge is 0.398 e. The van der Waals surface area contributed by atoms with Crippen molar-refractivity contribution in [3.63, 3.8) is 0 Å². The molecule has 0 unspecified atom stereocenters. The molecule has 0 bridgehead atoms. The van der Waals surface area contributed by atoms with Crippen molar-refractivity contribution in [1.82, 2.24) is 0 Å². The number of nitrogens with two attached hydrogens (primary N) is 1. The van der Waals surface area contributed by atoms with Crippen LogP contribution in [0.15, 0.2) is 47.4 Å². The number of carbonyl (C=O) groups is 1. The number of anilines is 2. The summed E-state index contributed by atoms with van der Waals surface area (Å²) >= 11 is 1.38. The van der Waals surface area contributed by atoms with E-state index in [9.17, 15) is 9.18 Å². The van der Waals surface area contributed by atoms with Crippen LogP contribution >= 0.6 is 24.2 Å². The molecule has 128 valence electrons. The molecule has 0 fully saturated rings. The molecule has 1 aliphatic heterocycles. The number of hydrogen-bond donors (Lipinski definition) is 1. The molecule has 2 aromatic rings. The normalized spacial score (nSPS) is 13.1. The molecule has 0 saturated heterocycles. The first-order valence-corrected chi connectivity index (χ1v) is 8.70. The Hall–Kier alpha value is -1.72. The van der Waals surface area contributed by atoms with Crippen molar-refractivity contribution in [3.05, 3.63) is 53.8 Å². The number of fused-ring (bicyclic) bond motifs is 1. The van der Waals surface area contributed by atoms with E-state index in [1.807, 2.05) is 23.1 Å². The SMILES string of the molecule is Cl.Nc1cccc2c1CCCN2C(=O)CCSc1ccccc1F. The van der Waals surface area contributed by atoms with Crippen molar-refractivity contribution < 1.29 is 9.18 Å². The first-order chi connectivity index (χ1) is 11.2. The molecule has 0 radical (unpaired) electrons. The van der Waals surface area contributed by atoms with Crippen LogP contribution in [-0.4, -0.2) is 18.2 Å². The van der Waals surface area contributed by atoms with E-state index in [0.29, 0.717) is 17.1 Å². The average molecular weight is 367 g/mol. The Morgan fingerprint density at radius 1 is 1.21 bits per heavy atom. The highest BCUT2D eigenvalue weighted by atomic mass is 35.5. The van der Waals surface area contributed by atoms with E-state index in [1.165, 1.54) is 17.8 Å². The Kier molecular flexibility index (Phi) is 6.52. The number of thioether (sulfide) groups is 1. The number of carbonyl (C=O) groups excluding carboxylic acids is 1. The third kappa shape index (κ3) is 4.02. The van der Waals surface area contributed by atoms with Crippen molar-refractivity contribution in [3.8, 4) is 0 Å². The van der Waals surface area contributed by atoms with Crippen LogP contribution in [0.1, 0.15) is 18.4 Å². The van der Waals surface area contributed by atoms with E-state index in [1.54, 1.807) is 18.2 Å². The van der Waals surface area contributed by atoms with Gasteiger partial charge < -0.3 is 10.6 Å². The Balaban J connectivity index is 0.00000208. The van der Waals surface area contributed by atoms with Crippen LogP contribution in [0.4, 0.5) is 15.8 Å². The molecule has 1 aliphatic rings. The lowest BCUT2D eigenvalue weighted by atomic mass is 9.99. The van der Waals surface area contributed by atoms with Gasteiger partial charge in [0.15, 0.2) is 0 Å². The summed E-state index contributed by atoms with van der Waals surface area (Å²) in [5.74, 6) is 0.398. The van der Waals surface area contributed by atoms with Crippen LogP contribution in [0.3, 0.4) is 0 Å². The Labute approximate surface area is 151 Å². The van der Waals surface area contributed by atoms with Gasteiger partial charge in [0.2, 0.25) is 5.91 Å². The topological polar surface area (TPSA) is 46.3 Å². The Morgan fingerprint density at radius 2 is 2.00 bits per heavy atom. The molecule has 2 N–H and O–H groups in total. The summed E-state index contributed by atoms with van der Waals surface area (Å²) in [7, 11) is 0. The molecule has 6 heteroatoms. The summed E-state index contributed by atoms with van der Waals surface area (Å²) < 4.78 is 13.6. The van der Waals surface area contributed by atoms with E-state index < -0.39 is 0 Å². The van der Waals surface area contributed by atoms with Gasteiger partial charge in [-0.2, -0.15) is 0 Å². The van der Waals surface area contributed by atoms with Crippen LogP contribution in [0, 0.1) is 5.82 Å². The third-order valence-corrected chi connectivity index (χ3v) is 5.05. The molecule has 0 atom stereocenters. The van der Waals surface area contributed by atoms with Crippen LogP contribution < -0.4 is 10.6 Å². The molecule has 0 spiro atoms. The number of nitrogen functional groups attached to an aromatic ring is 1. The van der Waals surface area contributed by atoms with Crippen molar-refractivity contribution in [2.45, 2.75) is 24.2 Å². The predicted molar refractivity (Wildman–Crippen MR) is 101 cm³/mol. The van der Waals surface area contributed by atoms with Crippen LogP contribution in [0.2, 0.25) is 0 Å². The molecule has 0 aromatic heterocycles. The number of halogens is 2. The average Bonchev–Trinajstić information content (AvgIpc) is 2.56. The van der Waals surface area contributed by atoms with Crippen molar-refractivity contribution in [2.24, 2.45) is 0 Å². The molecule has 3 nitrogen and oxygen atoms in total. The van der Waals surface area contributed by atoms with Crippen LogP contribution in [0.5, 0.6) is 0 Å². The van der Waals surface area contributed by atoms with Gasteiger partial charge in [-0.25, -0.2) is 4.39 Å². The molecule has 0 saturated carbocycles. The second-order valence-electron chi connectivity index (χ2n) is 5.52. The third-order valence-electron chi connectivity index (χ3n) is 4.00. The highest BCUT2D eigenvalue weighted by Gasteiger charge is 2.23. The molecule has 0 aliphatic carbocycles. The quantitative estimate of drug-likeness (QED) is 0.648. The van der Waals surface area contributed by atoms with E-state index >= 15 is 0 Å². The van der Waals surface area contributed by atoms with E-state index in [0.717, 1.165) is 36.3 Å². The van der Waals surface area contributed by atoms with Gasteiger partial charge in [0.05, 0.1) is 0 Å². The molecule has 2 aromatic carbocycles. The summed E-state index contributed by atoms with van der Waals surface area (Å²) in [5, 5.41) is 0. The summed E-state index contributed by atoms with van der Waals surface area (Å²) in [6.45, 7) is 0.722. The lowest BCUT2D eigenvalue weighted by molar-refractivity contribution is -0.118. The minimum Gasteiger partial charge on any atom is -0.398 e. The maximum Gasteiger partial charge on any atom is 0.227 e. The lowest BCUT2D eigenvalue weighted by Crippen LogP contribution is -2.35. The van der Waals surface area contributed by atoms with Crippen molar-refractivity contribution in [2.75, 3.05) is 22.9 Å². The van der Waals surface area contributed by atoms with Gasteiger partial charge >= 0.3 is 0 Å². The minimum absolute atomic E-state index is 0. The zero-order chi connectivity index (χ0) is 16.2. The number of rotatable bonds is 4. The van der Waals surface area contributed by atoms with Gasteiger partial charge in [-0.1, -0.05) is 18.2 Å². The summed E-state index contributed by atoms with van der Waals surface area (Å²) in [6.07, 6.45) is 2.22. The van der Waals surface area contributed by atoms with E-state index in [4.69, 9.17) is 5.73 Å². The standard InChI is InChI=1S/C18H19FN2OS.ClH/c19-14-6-1-2-9-17(14)23-12-10-18(22)21-11-4-5-13-15(20)7-3-8-16(13)21;/h1-3,6-9H,4-5,10-12,20H2;1H. The Bertz CT molecular complexity index is 726. The second-order valence-corrected chi connectivity index (χ2v) is 6.66. The zero-order valence-corrected chi connectivity index (χ0v) is 14.8. The van der Waals surface area contributed by atoms with Gasteiger partial charge in [-0.15, -0.1) is 24.2 Å². The smallest absolute Gasteiger partial charge is 0.227 e. The number of amides is 1. The van der Waals surface area contributed by atoms with E-state index in [-0.39, 0.29) is 24.1 Å². The fourth-order valence-corrected chi connectivity index (χ4v) is 3.73. The van der Waals surface area contributed by atoms with Crippen LogP contribution in [-0.2, 0) is 11.2 Å². The molecule has 24 heavy (non-hydrogen) atoms. The predicted octanol–water partition coefficient (Wildman–Crippen LogP) is 4.29. The molecule has 1 amide bonds. The summed E-state index contributed by atoms with van der Waals surface area (Å²) in [5.41, 5.74) is 8.76. The first-order valence-electron chi connectivity index (χ1n) is 7.72. The Morgan fingerprint density at radius 3 is 2.79 bits per heavy atom. The second kappa shape index (κ2) is 8.40. The van der Waals surface area contributed by atoms with Crippen molar-refractivity contribution in [1.29, 1.82) is 0 Å². The monoisotopic (exact) mass is 366 g/mol.